The average molecular weight is 652 g/mol. The molecule has 0 bridgehead atoms. The normalized spacial score (nSPS) is 25.1. The van der Waals surface area contributed by atoms with Gasteiger partial charge in [-0.2, -0.15) is 10.2 Å². The number of hydrogen-bond acceptors (Lipinski definition) is 7. The third-order valence-electron chi connectivity index (χ3n) is 8.83. The lowest BCUT2D eigenvalue weighted by Gasteiger charge is -2.30. The van der Waals surface area contributed by atoms with Crippen LogP contribution in [-0.2, 0) is 14.4 Å². The standard InChI is InChI=1S/C34H31BrN6O3/c1-20-6-10-22(11-7-20)18-24-4-3-5-27-29(24)37-41(31(27)23-12-8-21(2)9-13-23)28(42)19-39-32-30(36-38-39)33(43)40(34(32)44)26-16-14-25(35)15-17-26/h6-18,27,30-32H,3-5,19H2,1-2H3/b24-18+/t27-,30-,31+,32+/m0/s1. The van der Waals surface area contributed by atoms with Crippen LogP contribution in [0.1, 0.15) is 47.6 Å². The molecule has 1 aliphatic carbocycles. The molecule has 2 fully saturated rings. The van der Waals surface area contributed by atoms with Gasteiger partial charge < -0.3 is 0 Å². The zero-order chi connectivity index (χ0) is 30.5. The molecule has 3 amide bonds. The summed E-state index contributed by atoms with van der Waals surface area (Å²) in [6.07, 6.45) is 4.98. The highest BCUT2D eigenvalue weighted by Gasteiger charge is 2.55. The van der Waals surface area contributed by atoms with Crippen molar-refractivity contribution in [3.63, 3.8) is 0 Å². The molecule has 4 atom stereocenters. The molecule has 10 heteroatoms. The Kier molecular flexibility index (Phi) is 7.24. The van der Waals surface area contributed by atoms with Crippen LogP contribution >= 0.6 is 15.9 Å². The molecule has 3 aliphatic heterocycles. The second-order valence-corrected chi connectivity index (χ2v) is 12.8. The van der Waals surface area contributed by atoms with E-state index < -0.39 is 23.9 Å². The van der Waals surface area contributed by atoms with Crippen molar-refractivity contribution in [3.05, 3.63) is 105 Å². The van der Waals surface area contributed by atoms with Gasteiger partial charge in [-0.1, -0.05) is 80.8 Å². The van der Waals surface area contributed by atoms with Crippen LogP contribution in [0, 0.1) is 19.8 Å². The quantitative estimate of drug-likeness (QED) is 0.308. The first-order valence-corrected chi connectivity index (χ1v) is 15.6. The summed E-state index contributed by atoms with van der Waals surface area (Å²) in [6, 6.07) is 21.3. The number of anilines is 1. The number of nitrogens with zero attached hydrogens (tertiary/aromatic N) is 6. The average Bonchev–Trinajstić information content (AvgIpc) is 3.69. The van der Waals surface area contributed by atoms with Crippen molar-refractivity contribution in [3.8, 4) is 0 Å². The summed E-state index contributed by atoms with van der Waals surface area (Å²) in [6.45, 7) is 3.89. The summed E-state index contributed by atoms with van der Waals surface area (Å²) in [5.74, 6) is -1.14. The number of imide groups is 1. The number of carbonyl (C=O) groups excluding carboxylic acids is 3. The summed E-state index contributed by atoms with van der Waals surface area (Å²) >= 11 is 3.39. The van der Waals surface area contributed by atoms with Crippen LogP contribution in [0.3, 0.4) is 0 Å². The van der Waals surface area contributed by atoms with Crippen molar-refractivity contribution in [1.29, 1.82) is 0 Å². The minimum Gasteiger partial charge on any atom is -0.271 e. The highest BCUT2D eigenvalue weighted by atomic mass is 79.9. The van der Waals surface area contributed by atoms with E-state index in [-0.39, 0.29) is 24.4 Å². The van der Waals surface area contributed by atoms with Crippen LogP contribution in [0.4, 0.5) is 5.69 Å². The number of rotatable bonds is 5. The van der Waals surface area contributed by atoms with E-state index in [1.807, 2.05) is 6.92 Å². The molecule has 0 spiro atoms. The van der Waals surface area contributed by atoms with Crippen LogP contribution < -0.4 is 4.90 Å². The number of halogens is 1. The van der Waals surface area contributed by atoms with Crippen LogP contribution in [0.15, 0.2) is 98.3 Å². The van der Waals surface area contributed by atoms with Crippen LogP contribution in [0.2, 0.25) is 0 Å². The van der Waals surface area contributed by atoms with Gasteiger partial charge >= 0.3 is 0 Å². The first-order chi connectivity index (χ1) is 21.3. The Balaban J connectivity index is 1.18. The summed E-state index contributed by atoms with van der Waals surface area (Å²) in [5, 5.41) is 16.2. The van der Waals surface area contributed by atoms with Gasteiger partial charge in [-0.05, 0) is 80.2 Å². The molecule has 3 aromatic carbocycles. The van der Waals surface area contributed by atoms with E-state index in [9.17, 15) is 14.4 Å². The highest BCUT2D eigenvalue weighted by molar-refractivity contribution is 9.10. The van der Waals surface area contributed by atoms with Crippen molar-refractivity contribution in [1.82, 2.24) is 10.0 Å². The fourth-order valence-corrected chi connectivity index (χ4v) is 6.84. The zero-order valence-corrected chi connectivity index (χ0v) is 26.0. The topological polar surface area (TPSA) is 98.0 Å². The lowest BCUT2D eigenvalue weighted by atomic mass is 9.77. The number of carbonyl (C=O) groups is 3. The molecule has 4 aliphatic rings. The maximum Gasteiger partial charge on any atom is 0.264 e. The van der Waals surface area contributed by atoms with Gasteiger partial charge in [0.25, 0.3) is 17.7 Å². The van der Waals surface area contributed by atoms with Crippen molar-refractivity contribution in [2.24, 2.45) is 21.4 Å². The van der Waals surface area contributed by atoms with Gasteiger partial charge in [-0.3, -0.25) is 19.4 Å². The number of fused-ring (bicyclic) bond motifs is 2. The minimum absolute atomic E-state index is 0.0441. The molecule has 0 N–H and O–H groups in total. The van der Waals surface area contributed by atoms with Gasteiger partial charge in [0.15, 0.2) is 12.1 Å². The van der Waals surface area contributed by atoms with Crippen molar-refractivity contribution in [2.75, 3.05) is 11.4 Å². The van der Waals surface area contributed by atoms with Crippen LogP contribution in [0.25, 0.3) is 6.08 Å². The smallest absolute Gasteiger partial charge is 0.264 e. The summed E-state index contributed by atoms with van der Waals surface area (Å²) < 4.78 is 0.834. The lowest BCUT2D eigenvalue weighted by Crippen LogP contribution is -2.45. The van der Waals surface area contributed by atoms with Gasteiger partial charge in [0.05, 0.1) is 17.4 Å². The fraction of sp³-hybridized carbons (Fsp3) is 0.294. The molecule has 1 saturated heterocycles. The number of hydrazone groups is 1. The van der Waals surface area contributed by atoms with E-state index in [1.165, 1.54) is 10.6 Å². The molecule has 0 aromatic heterocycles. The number of hydrogen-bond donors (Lipinski definition) is 0. The Morgan fingerprint density at radius 2 is 1.59 bits per heavy atom. The maximum absolute atomic E-state index is 14.1. The molecule has 1 saturated carbocycles. The Labute approximate surface area is 264 Å². The summed E-state index contributed by atoms with van der Waals surface area (Å²) in [4.78, 5) is 42.0. The van der Waals surface area contributed by atoms with Crippen molar-refractivity contribution < 1.29 is 14.4 Å². The van der Waals surface area contributed by atoms with Crippen molar-refractivity contribution >= 4 is 51.1 Å². The third kappa shape index (κ3) is 4.96. The van der Waals surface area contributed by atoms with E-state index >= 15 is 0 Å². The predicted molar refractivity (Wildman–Crippen MR) is 170 cm³/mol. The van der Waals surface area contributed by atoms with Gasteiger partial charge in [0.1, 0.15) is 6.54 Å². The second kappa shape index (κ2) is 11.2. The van der Waals surface area contributed by atoms with Gasteiger partial charge in [0.2, 0.25) is 0 Å². The molecule has 44 heavy (non-hydrogen) atoms. The zero-order valence-electron chi connectivity index (χ0n) is 24.4. The first kappa shape index (κ1) is 28.3. The Morgan fingerprint density at radius 1 is 0.909 bits per heavy atom. The number of allylic oxidation sites excluding steroid dienone is 1. The van der Waals surface area contributed by atoms with Crippen molar-refractivity contribution in [2.45, 2.75) is 51.2 Å². The fourth-order valence-electron chi connectivity index (χ4n) is 6.58. The van der Waals surface area contributed by atoms with E-state index in [0.717, 1.165) is 56.6 Å². The molecule has 3 heterocycles. The maximum atomic E-state index is 14.1. The van der Waals surface area contributed by atoms with Gasteiger partial charge in [-0.15, -0.1) is 0 Å². The molecule has 9 nitrogen and oxygen atoms in total. The molecule has 222 valence electrons. The number of amides is 3. The van der Waals surface area contributed by atoms with E-state index in [2.05, 4.69) is 87.8 Å². The molecular formula is C34H31BrN6O3. The SMILES string of the molecule is Cc1ccc(/C=C2\CCC[C@H]3C2=NN(C(=O)CN2N=N[C@@H]4C(=O)N(c5ccc(Br)cc5)C(=O)[C@@H]42)[C@@H]3c2ccc(C)cc2)cc1. The molecule has 3 aromatic rings. The number of aryl methyl sites for hydroxylation is 2. The van der Waals surface area contributed by atoms with E-state index in [1.54, 1.807) is 29.3 Å². The lowest BCUT2D eigenvalue weighted by molar-refractivity contribution is -0.136. The second-order valence-electron chi connectivity index (χ2n) is 11.8. The summed E-state index contributed by atoms with van der Waals surface area (Å²) in [5.41, 5.74) is 6.99. The van der Waals surface area contributed by atoms with E-state index in [4.69, 9.17) is 5.10 Å². The molecular weight excluding hydrogens is 620 g/mol. The Hall–Kier alpha value is -4.44. The van der Waals surface area contributed by atoms with Gasteiger partial charge in [0, 0.05) is 10.4 Å². The van der Waals surface area contributed by atoms with Crippen LogP contribution in [-0.4, -0.2) is 52.1 Å². The molecule has 7 rings (SSSR count). The third-order valence-corrected chi connectivity index (χ3v) is 9.36. The highest BCUT2D eigenvalue weighted by Crippen LogP contribution is 2.45. The summed E-state index contributed by atoms with van der Waals surface area (Å²) in [7, 11) is 0. The largest absolute Gasteiger partial charge is 0.271 e. The Bertz CT molecular complexity index is 1730. The van der Waals surface area contributed by atoms with Gasteiger partial charge in [-0.25, -0.2) is 9.91 Å². The van der Waals surface area contributed by atoms with E-state index in [0.29, 0.717) is 5.69 Å². The molecule has 0 radical (unpaired) electrons. The van der Waals surface area contributed by atoms with Crippen LogP contribution in [0.5, 0.6) is 0 Å². The minimum atomic E-state index is -0.983. The molecule has 0 unspecified atom stereocenters. The predicted octanol–water partition coefficient (Wildman–Crippen LogP) is 6.18. The monoisotopic (exact) mass is 650 g/mol. The Morgan fingerprint density at radius 3 is 2.30 bits per heavy atom. The number of benzene rings is 3. The first-order valence-electron chi connectivity index (χ1n) is 14.8.